The fourth-order valence-electron chi connectivity index (χ4n) is 3.37. The highest BCUT2D eigenvalue weighted by Gasteiger charge is 2.28. The van der Waals surface area contributed by atoms with E-state index in [9.17, 15) is 0 Å². The van der Waals surface area contributed by atoms with Crippen molar-refractivity contribution in [1.29, 1.82) is 0 Å². The third-order valence-corrected chi connectivity index (χ3v) is 4.60. The van der Waals surface area contributed by atoms with Crippen molar-refractivity contribution < 1.29 is 18.7 Å². The van der Waals surface area contributed by atoms with Gasteiger partial charge in [0.25, 0.3) is 0 Å². The number of hydrogen-bond acceptors (Lipinski definition) is 6. The molecule has 3 rings (SSSR count). The zero-order valence-electron chi connectivity index (χ0n) is 14.9. The molecule has 1 heterocycles. The van der Waals surface area contributed by atoms with E-state index in [2.05, 4.69) is 5.16 Å². The molecule has 0 saturated heterocycles. The van der Waals surface area contributed by atoms with Crippen LogP contribution in [-0.2, 0) is 12.8 Å². The molecule has 0 bridgehead atoms. The summed E-state index contributed by atoms with van der Waals surface area (Å²) in [5.74, 6) is 3.22. The molecular weight excluding hydrogens is 308 g/mol. The molecule has 130 valence electrons. The highest BCUT2D eigenvalue weighted by atomic mass is 16.5. The van der Waals surface area contributed by atoms with Gasteiger partial charge in [-0.05, 0) is 36.5 Å². The predicted octanol–water partition coefficient (Wildman–Crippen LogP) is 3.04. The molecule has 1 aliphatic rings. The molecular formula is C18H24N2O4. The highest BCUT2D eigenvalue weighted by Crippen LogP contribution is 2.43. The molecule has 0 amide bonds. The van der Waals surface area contributed by atoms with Crippen molar-refractivity contribution >= 4 is 5.88 Å². The minimum atomic E-state index is 0.353. The molecule has 6 heteroatoms. The second-order valence-electron chi connectivity index (χ2n) is 6.21. The maximum absolute atomic E-state index is 5.50. The van der Waals surface area contributed by atoms with E-state index in [1.807, 2.05) is 31.1 Å². The van der Waals surface area contributed by atoms with Crippen molar-refractivity contribution in [3.63, 3.8) is 0 Å². The predicted molar refractivity (Wildman–Crippen MR) is 91.7 cm³/mol. The van der Waals surface area contributed by atoms with Crippen LogP contribution in [0.25, 0.3) is 0 Å². The quantitative estimate of drug-likeness (QED) is 0.839. The molecule has 1 aromatic heterocycles. The van der Waals surface area contributed by atoms with E-state index in [0.717, 1.165) is 30.8 Å². The Hall–Kier alpha value is -2.37. The first-order chi connectivity index (χ1) is 11.6. The fourth-order valence-corrected chi connectivity index (χ4v) is 3.37. The van der Waals surface area contributed by atoms with Gasteiger partial charge in [0.2, 0.25) is 11.6 Å². The van der Waals surface area contributed by atoms with Gasteiger partial charge in [-0.15, -0.1) is 0 Å². The second kappa shape index (κ2) is 6.63. The zero-order chi connectivity index (χ0) is 17.3. The molecule has 1 atom stereocenters. The monoisotopic (exact) mass is 332 g/mol. The smallest absolute Gasteiger partial charge is 0.230 e. The fraction of sp³-hybridized carbons (Fsp3) is 0.500. The number of hydrogen-bond donors (Lipinski definition) is 0. The van der Waals surface area contributed by atoms with Crippen molar-refractivity contribution in [3.05, 3.63) is 29.0 Å². The average Bonchev–Trinajstić information content (AvgIpc) is 3.03. The van der Waals surface area contributed by atoms with Crippen LogP contribution >= 0.6 is 0 Å². The molecule has 1 aromatic carbocycles. The zero-order valence-corrected chi connectivity index (χ0v) is 14.9. The third kappa shape index (κ3) is 2.77. The summed E-state index contributed by atoms with van der Waals surface area (Å²) >= 11 is 0. The van der Waals surface area contributed by atoms with E-state index in [0.29, 0.717) is 23.2 Å². The van der Waals surface area contributed by atoms with Crippen molar-refractivity contribution in [3.8, 4) is 17.2 Å². The van der Waals surface area contributed by atoms with E-state index in [1.54, 1.807) is 21.3 Å². The molecule has 2 aromatic rings. The summed E-state index contributed by atoms with van der Waals surface area (Å²) in [5, 5.41) is 4.27. The lowest BCUT2D eigenvalue weighted by Crippen LogP contribution is -2.16. The van der Waals surface area contributed by atoms with E-state index >= 15 is 0 Å². The maximum atomic E-state index is 5.50. The second-order valence-corrected chi connectivity index (χ2v) is 6.21. The van der Waals surface area contributed by atoms with Gasteiger partial charge >= 0.3 is 0 Å². The minimum Gasteiger partial charge on any atom is -0.493 e. The normalized spacial score (nSPS) is 16.5. The Morgan fingerprint density at radius 1 is 1.08 bits per heavy atom. The van der Waals surface area contributed by atoms with Crippen LogP contribution in [0.2, 0.25) is 0 Å². The van der Waals surface area contributed by atoms with Gasteiger partial charge in [0.1, 0.15) is 0 Å². The van der Waals surface area contributed by atoms with Crippen LogP contribution in [0, 0.1) is 0 Å². The Morgan fingerprint density at radius 3 is 2.29 bits per heavy atom. The van der Waals surface area contributed by atoms with Gasteiger partial charge in [0.05, 0.1) is 27.0 Å². The topological polar surface area (TPSA) is 57.0 Å². The van der Waals surface area contributed by atoms with Crippen LogP contribution < -0.4 is 19.1 Å². The molecule has 0 radical (unpaired) electrons. The molecule has 0 fully saturated rings. The SMILES string of the molecule is COc1cc(C2CCc3c(noc3N(C)C)C2)cc(OC)c1OC. The molecule has 1 unspecified atom stereocenters. The largest absolute Gasteiger partial charge is 0.493 e. The van der Waals surface area contributed by atoms with Gasteiger partial charge in [-0.25, -0.2) is 0 Å². The van der Waals surface area contributed by atoms with E-state index < -0.39 is 0 Å². The molecule has 0 aliphatic heterocycles. The Labute approximate surface area is 142 Å². The Kier molecular flexibility index (Phi) is 4.55. The summed E-state index contributed by atoms with van der Waals surface area (Å²) in [6.45, 7) is 0. The first-order valence-electron chi connectivity index (χ1n) is 8.03. The van der Waals surface area contributed by atoms with Gasteiger partial charge in [-0.2, -0.15) is 0 Å². The molecule has 0 N–H and O–H groups in total. The van der Waals surface area contributed by atoms with Crippen LogP contribution in [0.1, 0.15) is 29.2 Å². The van der Waals surface area contributed by atoms with Crippen LogP contribution in [0.4, 0.5) is 5.88 Å². The molecule has 6 nitrogen and oxygen atoms in total. The van der Waals surface area contributed by atoms with Gasteiger partial charge in [-0.3, -0.25) is 0 Å². The van der Waals surface area contributed by atoms with E-state index in [4.69, 9.17) is 18.7 Å². The first kappa shape index (κ1) is 16.5. The van der Waals surface area contributed by atoms with Crippen molar-refractivity contribution in [1.82, 2.24) is 5.16 Å². The number of anilines is 1. The Balaban J connectivity index is 1.93. The van der Waals surface area contributed by atoms with Gasteiger partial charge in [0, 0.05) is 26.1 Å². The van der Waals surface area contributed by atoms with Gasteiger partial charge in [0.15, 0.2) is 11.5 Å². The number of benzene rings is 1. The summed E-state index contributed by atoms with van der Waals surface area (Å²) in [6.07, 6.45) is 2.84. The lowest BCUT2D eigenvalue weighted by molar-refractivity contribution is 0.323. The van der Waals surface area contributed by atoms with Crippen molar-refractivity contribution in [2.24, 2.45) is 0 Å². The van der Waals surface area contributed by atoms with E-state index in [1.165, 1.54) is 11.1 Å². The molecule has 24 heavy (non-hydrogen) atoms. The summed E-state index contributed by atoms with van der Waals surface area (Å²) in [5.41, 5.74) is 3.44. The summed E-state index contributed by atoms with van der Waals surface area (Å²) < 4.78 is 21.8. The standard InChI is InChI=1S/C18H24N2O4/c1-20(2)18-13-7-6-11(8-14(13)19-24-18)12-9-15(21-3)17(23-5)16(10-12)22-4/h9-11H,6-8H2,1-5H3. The Bertz CT molecular complexity index is 699. The third-order valence-electron chi connectivity index (χ3n) is 4.60. The average molecular weight is 332 g/mol. The lowest BCUT2D eigenvalue weighted by Gasteiger charge is -2.24. The first-order valence-corrected chi connectivity index (χ1v) is 8.03. The number of nitrogens with zero attached hydrogens (tertiary/aromatic N) is 2. The van der Waals surface area contributed by atoms with Crippen molar-refractivity contribution in [2.45, 2.75) is 25.2 Å². The molecule has 0 spiro atoms. The van der Waals surface area contributed by atoms with Crippen LogP contribution in [-0.4, -0.2) is 40.6 Å². The number of ether oxygens (including phenoxy) is 3. The van der Waals surface area contributed by atoms with Gasteiger partial charge < -0.3 is 23.6 Å². The maximum Gasteiger partial charge on any atom is 0.230 e. The van der Waals surface area contributed by atoms with Crippen molar-refractivity contribution in [2.75, 3.05) is 40.3 Å². The number of fused-ring (bicyclic) bond motifs is 1. The van der Waals surface area contributed by atoms with Gasteiger partial charge in [-0.1, -0.05) is 5.16 Å². The molecule has 0 saturated carbocycles. The summed E-state index contributed by atoms with van der Waals surface area (Å²) in [4.78, 5) is 1.98. The minimum absolute atomic E-state index is 0.353. The summed E-state index contributed by atoms with van der Waals surface area (Å²) in [7, 11) is 8.85. The summed E-state index contributed by atoms with van der Waals surface area (Å²) in [6, 6.07) is 4.06. The number of methoxy groups -OCH3 is 3. The Morgan fingerprint density at radius 2 is 1.75 bits per heavy atom. The van der Waals surface area contributed by atoms with Crippen LogP contribution in [0.3, 0.4) is 0 Å². The number of rotatable bonds is 5. The molecule has 1 aliphatic carbocycles. The lowest BCUT2D eigenvalue weighted by atomic mass is 9.82. The van der Waals surface area contributed by atoms with Crippen LogP contribution in [0.5, 0.6) is 17.2 Å². The highest BCUT2D eigenvalue weighted by molar-refractivity contribution is 5.55. The number of aromatic nitrogens is 1. The van der Waals surface area contributed by atoms with E-state index in [-0.39, 0.29) is 0 Å². The van der Waals surface area contributed by atoms with Crippen LogP contribution in [0.15, 0.2) is 16.7 Å².